The molecule has 0 radical (unpaired) electrons. The monoisotopic (exact) mass is 411 g/mol. The fourth-order valence-corrected chi connectivity index (χ4v) is 4.49. The second-order valence-corrected chi connectivity index (χ2v) is 8.50. The number of amides is 1. The van der Waals surface area contributed by atoms with E-state index in [1.54, 1.807) is 18.3 Å². The molecule has 1 saturated heterocycles. The minimum atomic E-state index is -0.231. The maximum Gasteiger partial charge on any atom is 0.350 e. The van der Waals surface area contributed by atoms with Crippen LogP contribution >= 0.6 is 11.8 Å². The van der Waals surface area contributed by atoms with Gasteiger partial charge in [-0.2, -0.15) is 11.8 Å². The van der Waals surface area contributed by atoms with Crippen LogP contribution in [0.3, 0.4) is 0 Å². The summed E-state index contributed by atoms with van der Waals surface area (Å²) in [5, 5.41) is 7.22. The smallest absolute Gasteiger partial charge is 0.326 e. The van der Waals surface area contributed by atoms with E-state index in [0.717, 1.165) is 30.9 Å². The lowest BCUT2D eigenvalue weighted by atomic mass is 10.1. The average molecular weight is 412 g/mol. The number of rotatable bonds is 6. The third kappa shape index (κ3) is 4.71. The third-order valence-electron chi connectivity index (χ3n) is 5.11. The average Bonchev–Trinajstić information content (AvgIpc) is 3.05. The second kappa shape index (κ2) is 8.84. The van der Waals surface area contributed by atoms with Gasteiger partial charge in [0.05, 0.1) is 6.54 Å². The molecule has 29 heavy (non-hydrogen) atoms. The number of hydrogen-bond donors (Lipinski definition) is 1. The zero-order chi connectivity index (χ0) is 20.2. The zero-order valence-corrected chi connectivity index (χ0v) is 17.3. The zero-order valence-electron chi connectivity index (χ0n) is 16.5. The number of fused-ring (bicyclic) bond motifs is 1. The van der Waals surface area contributed by atoms with Crippen LogP contribution in [0.5, 0.6) is 0 Å². The quantitative estimate of drug-likeness (QED) is 0.674. The van der Waals surface area contributed by atoms with Gasteiger partial charge in [-0.25, -0.2) is 9.48 Å². The Kier molecular flexibility index (Phi) is 6.01. The summed E-state index contributed by atoms with van der Waals surface area (Å²) in [6, 6.07) is 11.6. The Morgan fingerprint density at radius 3 is 2.79 bits per heavy atom. The van der Waals surface area contributed by atoms with E-state index in [0.29, 0.717) is 5.65 Å². The van der Waals surface area contributed by atoms with Gasteiger partial charge in [-0.15, -0.1) is 5.10 Å². The Morgan fingerprint density at radius 2 is 2.03 bits per heavy atom. The lowest BCUT2D eigenvalue weighted by Crippen LogP contribution is -2.31. The van der Waals surface area contributed by atoms with Crippen molar-refractivity contribution in [2.24, 2.45) is 0 Å². The minimum absolute atomic E-state index is 0.127. The first-order valence-electron chi connectivity index (χ1n) is 9.84. The van der Waals surface area contributed by atoms with E-state index >= 15 is 0 Å². The maximum absolute atomic E-state index is 12.4. The summed E-state index contributed by atoms with van der Waals surface area (Å²) in [6.45, 7) is 5.47. The van der Waals surface area contributed by atoms with E-state index in [4.69, 9.17) is 0 Å². The molecule has 3 aromatic rings. The fourth-order valence-electron chi connectivity index (χ4n) is 3.52. The summed E-state index contributed by atoms with van der Waals surface area (Å²) >= 11 is 2.01. The number of thioether (sulfide) groups is 1. The van der Waals surface area contributed by atoms with Gasteiger partial charge in [0.2, 0.25) is 5.91 Å². The Morgan fingerprint density at radius 1 is 1.21 bits per heavy atom. The molecule has 3 heterocycles. The van der Waals surface area contributed by atoms with Crippen molar-refractivity contribution in [3.8, 4) is 0 Å². The number of aryl methyl sites for hydroxylation is 2. The van der Waals surface area contributed by atoms with Crippen LogP contribution in [-0.2, 0) is 17.9 Å². The first-order chi connectivity index (χ1) is 14.1. The largest absolute Gasteiger partial charge is 0.350 e. The fraction of sp³-hybridized carbons (Fsp3) is 0.381. The van der Waals surface area contributed by atoms with E-state index in [-0.39, 0.29) is 24.6 Å². The molecule has 1 N–H and O–H groups in total. The standard InChI is InChI=1S/C21H25N5O2S/c1-16-14-17(15-24-10-12-29-13-11-24)5-6-18(16)22-20(27)7-9-26-21(28)25-8-3-2-4-19(25)23-26/h2-6,8,14H,7,9-13,15H2,1H3,(H,22,27). The highest BCUT2D eigenvalue weighted by molar-refractivity contribution is 7.99. The summed E-state index contributed by atoms with van der Waals surface area (Å²) in [5.41, 5.74) is 3.48. The lowest BCUT2D eigenvalue weighted by Gasteiger charge is -2.26. The summed E-state index contributed by atoms with van der Waals surface area (Å²) in [4.78, 5) is 27.1. The summed E-state index contributed by atoms with van der Waals surface area (Å²) in [5.74, 6) is 2.27. The van der Waals surface area contributed by atoms with Gasteiger partial charge in [-0.3, -0.25) is 14.1 Å². The van der Waals surface area contributed by atoms with Gasteiger partial charge in [0.25, 0.3) is 0 Å². The number of anilines is 1. The molecular formula is C21H25N5O2S. The Balaban J connectivity index is 1.35. The van der Waals surface area contributed by atoms with Gasteiger partial charge < -0.3 is 5.32 Å². The van der Waals surface area contributed by atoms with Gasteiger partial charge in [0.1, 0.15) is 0 Å². The van der Waals surface area contributed by atoms with Crippen molar-refractivity contribution < 1.29 is 4.79 Å². The van der Waals surface area contributed by atoms with Crippen LogP contribution in [0, 0.1) is 6.92 Å². The molecule has 8 heteroatoms. The van der Waals surface area contributed by atoms with Crippen molar-refractivity contribution in [3.63, 3.8) is 0 Å². The molecule has 4 rings (SSSR count). The highest BCUT2D eigenvalue weighted by Gasteiger charge is 2.13. The van der Waals surface area contributed by atoms with E-state index in [1.807, 2.05) is 30.8 Å². The Hall–Kier alpha value is -2.58. The molecule has 1 fully saturated rings. The molecule has 0 atom stereocenters. The highest BCUT2D eigenvalue weighted by Crippen LogP contribution is 2.19. The molecule has 1 amide bonds. The molecule has 1 aliphatic heterocycles. The lowest BCUT2D eigenvalue weighted by molar-refractivity contribution is -0.116. The van der Waals surface area contributed by atoms with Gasteiger partial charge in [-0.05, 0) is 36.2 Å². The van der Waals surface area contributed by atoms with Crippen LogP contribution in [0.15, 0.2) is 47.4 Å². The van der Waals surface area contributed by atoms with Crippen LogP contribution in [-0.4, -0.2) is 49.6 Å². The number of carbonyl (C=O) groups is 1. The molecule has 7 nitrogen and oxygen atoms in total. The van der Waals surface area contributed by atoms with Crippen LogP contribution < -0.4 is 11.0 Å². The van der Waals surface area contributed by atoms with E-state index in [9.17, 15) is 9.59 Å². The van der Waals surface area contributed by atoms with Crippen molar-refractivity contribution in [3.05, 3.63) is 64.2 Å². The number of benzene rings is 1. The van der Waals surface area contributed by atoms with Gasteiger partial charge >= 0.3 is 5.69 Å². The van der Waals surface area contributed by atoms with Crippen LogP contribution in [0.2, 0.25) is 0 Å². The summed E-state index contributed by atoms with van der Waals surface area (Å²) < 4.78 is 2.81. The van der Waals surface area contributed by atoms with E-state index < -0.39 is 0 Å². The van der Waals surface area contributed by atoms with Gasteiger partial charge in [0.15, 0.2) is 5.65 Å². The molecule has 0 spiro atoms. The number of nitrogens with one attached hydrogen (secondary N) is 1. The van der Waals surface area contributed by atoms with Crippen molar-refractivity contribution in [2.75, 3.05) is 29.9 Å². The first kappa shape index (κ1) is 19.7. The summed E-state index contributed by atoms with van der Waals surface area (Å²) in [7, 11) is 0. The van der Waals surface area contributed by atoms with Crippen molar-refractivity contribution in [1.82, 2.24) is 19.1 Å². The predicted molar refractivity (Wildman–Crippen MR) is 116 cm³/mol. The second-order valence-electron chi connectivity index (χ2n) is 7.27. The number of hydrogen-bond acceptors (Lipinski definition) is 5. The third-order valence-corrected chi connectivity index (χ3v) is 6.06. The topological polar surface area (TPSA) is 71.6 Å². The van der Waals surface area contributed by atoms with Crippen LogP contribution in [0.25, 0.3) is 5.65 Å². The molecule has 0 saturated carbocycles. The molecule has 1 aromatic carbocycles. The number of carbonyl (C=O) groups excluding carboxylic acids is 1. The highest BCUT2D eigenvalue weighted by atomic mass is 32.2. The molecule has 152 valence electrons. The SMILES string of the molecule is Cc1cc(CN2CCSCC2)ccc1NC(=O)CCn1nc2ccccn2c1=O. The molecule has 0 aliphatic carbocycles. The minimum Gasteiger partial charge on any atom is -0.326 e. The van der Waals surface area contributed by atoms with E-state index in [2.05, 4.69) is 27.4 Å². The van der Waals surface area contributed by atoms with Crippen molar-refractivity contribution in [1.29, 1.82) is 0 Å². The predicted octanol–water partition coefficient (Wildman–Crippen LogP) is 2.38. The van der Waals surface area contributed by atoms with E-state index in [1.165, 1.54) is 26.2 Å². The number of pyridine rings is 1. The Bertz CT molecular complexity index is 1070. The van der Waals surface area contributed by atoms with Crippen molar-refractivity contribution in [2.45, 2.75) is 26.4 Å². The number of aromatic nitrogens is 3. The van der Waals surface area contributed by atoms with Gasteiger partial charge in [0, 0.05) is 49.4 Å². The molecular weight excluding hydrogens is 386 g/mol. The first-order valence-corrected chi connectivity index (χ1v) is 11.0. The van der Waals surface area contributed by atoms with Crippen molar-refractivity contribution >= 4 is 29.0 Å². The molecule has 1 aliphatic rings. The van der Waals surface area contributed by atoms with Crippen LogP contribution in [0.4, 0.5) is 5.69 Å². The summed E-state index contributed by atoms with van der Waals surface area (Å²) in [6.07, 6.45) is 1.87. The number of nitrogens with zero attached hydrogens (tertiary/aromatic N) is 4. The molecule has 2 aromatic heterocycles. The Labute approximate surface area is 173 Å². The maximum atomic E-state index is 12.4. The van der Waals surface area contributed by atoms with Crippen LogP contribution in [0.1, 0.15) is 17.5 Å². The molecule has 0 bridgehead atoms. The van der Waals surface area contributed by atoms with Gasteiger partial charge in [-0.1, -0.05) is 18.2 Å². The molecule has 0 unspecified atom stereocenters. The normalized spacial score (nSPS) is 14.9.